The van der Waals surface area contributed by atoms with Gasteiger partial charge in [0, 0.05) is 17.1 Å². The molecule has 0 atom stereocenters. The van der Waals surface area contributed by atoms with Crippen molar-refractivity contribution in [2.75, 3.05) is 20.7 Å². The number of methoxy groups -OCH3 is 1. The third-order valence-corrected chi connectivity index (χ3v) is 2.72. The van der Waals surface area contributed by atoms with Gasteiger partial charge < -0.3 is 9.64 Å². The van der Waals surface area contributed by atoms with E-state index in [1.807, 2.05) is 19.1 Å². The minimum atomic E-state index is 0.771. The van der Waals surface area contributed by atoms with Crippen LogP contribution in [0.25, 0.3) is 0 Å². The molecule has 0 N–H and O–H groups in total. The Morgan fingerprint density at radius 1 is 1.40 bits per heavy atom. The standard InChI is InChI=1S/C12H18ClNO/c1-5-14(3)8-10-7-11(13)6-9(2)12(10)15-4/h6-7H,5,8H2,1-4H3. The van der Waals surface area contributed by atoms with Crippen LogP contribution < -0.4 is 4.74 Å². The van der Waals surface area contributed by atoms with Crippen LogP contribution in [-0.2, 0) is 6.54 Å². The lowest BCUT2D eigenvalue weighted by molar-refractivity contribution is 0.332. The molecule has 1 rings (SSSR count). The van der Waals surface area contributed by atoms with Crippen molar-refractivity contribution in [3.63, 3.8) is 0 Å². The minimum absolute atomic E-state index is 0.771. The average Bonchev–Trinajstić information content (AvgIpc) is 2.17. The van der Waals surface area contributed by atoms with Gasteiger partial charge in [0.2, 0.25) is 0 Å². The zero-order valence-electron chi connectivity index (χ0n) is 9.80. The van der Waals surface area contributed by atoms with Crippen LogP contribution in [0.2, 0.25) is 5.02 Å². The molecule has 0 amide bonds. The predicted molar refractivity (Wildman–Crippen MR) is 64.7 cm³/mol. The highest BCUT2D eigenvalue weighted by Crippen LogP contribution is 2.28. The maximum atomic E-state index is 6.03. The molecule has 0 radical (unpaired) electrons. The second kappa shape index (κ2) is 5.38. The van der Waals surface area contributed by atoms with Crippen molar-refractivity contribution < 1.29 is 4.74 Å². The van der Waals surface area contributed by atoms with Crippen LogP contribution in [0, 0.1) is 6.92 Å². The van der Waals surface area contributed by atoms with Crippen molar-refractivity contribution in [2.24, 2.45) is 0 Å². The molecule has 2 nitrogen and oxygen atoms in total. The van der Waals surface area contributed by atoms with E-state index in [0.717, 1.165) is 35.0 Å². The number of benzene rings is 1. The number of halogens is 1. The largest absolute Gasteiger partial charge is 0.496 e. The predicted octanol–water partition coefficient (Wildman–Crippen LogP) is 3.11. The lowest BCUT2D eigenvalue weighted by Gasteiger charge is -2.18. The highest BCUT2D eigenvalue weighted by Gasteiger charge is 2.09. The topological polar surface area (TPSA) is 12.5 Å². The Bertz CT molecular complexity index is 339. The molecule has 84 valence electrons. The zero-order valence-corrected chi connectivity index (χ0v) is 10.6. The maximum absolute atomic E-state index is 6.03. The Balaban J connectivity index is 3.03. The lowest BCUT2D eigenvalue weighted by atomic mass is 10.1. The van der Waals surface area contributed by atoms with Gasteiger partial charge in [-0.05, 0) is 38.2 Å². The summed E-state index contributed by atoms with van der Waals surface area (Å²) in [5, 5.41) is 0.771. The molecule has 0 bridgehead atoms. The van der Waals surface area contributed by atoms with Crippen LogP contribution in [0.4, 0.5) is 0 Å². The van der Waals surface area contributed by atoms with Gasteiger partial charge in [-0.25, -0.2) is 0 Å². The molecular weight excluding hydrogens is 210 g/mol. The molecular formula is C12H18ClNO. The van der Waals surface area contributed by atoms with Crippen LogP contribution >= 0.6 is 11.6 Å². The van der Waals surface area contributed by atoms with Gasteiger partial charge in [-0.3, -0.25) is 0 Å². The molecule has 0 unspecified atom stereocenters. The molecule has 3 heteroatoms. The first-order chi connectivity index (χ1) is 7.08. The highest BCUT2D eigenvalue weighted by molar-refractivity contribution is 6.30. The highest BCUT2D eigenvalue weighted by atomic mass is 35.5. The molecule has 0 spiro atoms. The number of rotatable bonds is 4. The van der Waals surface area contributed by atoms with Crippen LogP contribution in [0.1, 0.15) is 18.1 Å². The Labute approximate surface area is 96.8 Å². The van der Waals surface area contributed by atoms with E-state index in [9.17, 15) is 0 Å². The molecule has 1 aromatic rings. The summed E-state index contributed by atoms with van der Waals surface area (Å²) in [5.74, 6) is 0.944. The molecule has 0 saturated carbocycles. The third-order valence-electron chi connectivity index (χ3n) is 2.50. The summed E-state index contributed by atoms with van der Waals surface area (Å²) in [4.78, 5) is 2.22. The first-order valence-electron chi connectivity index (χ1n) is 5.10. The van der Waals surface area contributed by atoms with Gasteiger partial charge in [-0.2, -0.15) is 0 Å². The Kier molecular flexibility index (Phi) is 4.43. The Morgan fingerprint density at radius 2 is 2.07 bits per heavy atom. The van der Waals surface area contributed by atoms with Crippen molar-refractivity contribution in [3.8, 4) is 5.75 Å². The van der Waals surface area contributed by atoms with E-state index >= 15 is 0 Å². The van der Waals surface area contributed by atoms with Crippen LogP contribution in [0.15, 0.2) is 12.1 Å². The smallest absolute Gasteiger partial charge is 0.126 e. The fourth-order valence-electron chi connectivity index (χ4n) is 1.61. The number of aryl methyl sites for hydroxylation is 1. The number of ether oxygens (including phenoxy) is 1. The zero-order chi connectivity index (χ0) is 11.4. The van der Waals surface area contributed by atoms with E-state index in [-0.39, 0.29) is 0 Å². The quantitative estimate of drug-likeness (QED) is 0.784. The van der Waals surface area contributed by atoms with Crippen molar-refractivity contribution in [2.45, 2.75) is 20.4 Å². The van der Waals surface area contributed by atoms with E-state index in [4.69, 9.17) is 16.3 Å². The lowest BCUT2D eigenvalue weighted by Crippen LogP contribution is -2.17. The van der Waals surface area contributed by atoms with Gasteiger partial charge in [0.05, 0.1) is 7.11 Å². The molecule has 0 heterocycles. The molecule has 15 heavy (non-hydrogen) atoms. The molecule has 0 aliphatic rings. The number of hydrogen-bond donors (Lipinski definition) is 0. The summed E-state index contributed by atoms with van der Waals surface area (Å²) in [7, 11) is 3.78. The average molecular weight is 228 g/mol. The summed E-state index contributed by atoms with van der Waals surface area (Å²) < 4.78 is 5.39. The molecule has 0 aliphatic heterocycles. The van der Waals surface area contributed by atoms with Gasteiger partial charge in [0.15, 0.2) is 0 Å². The second-order valence-electron chi connectivity index (χ2n) is 3.75. The molecule has 0 saturated heterocycles. The van der Waals surface area contributed by atoms with Crippen LogP contribution in [0.3, 0.4) is 0 Å². The van der Waals surface area contributed by atoms with E-state index in [2.05, 4.69) is 18.9 Å². The van der Waals surface area contributed by atoms with Crippen molar-refractivity contribution in [1.29, 1.82) is 0 Å². The minimum Gasteiger partial charge on any atom is -0.496 e. The van der Waals surface area contributed by atoms with Gasteiger partial charge in [0.1, 0.15) is 5.75 Å². The Morgan fingerprint density at radius 3 is 2.60 bits per heavy atom. The summed E-state index contributed by atoms with van der Waals surface area (Å²) in [6.45, 7) is 6.01. The normalized spacial score (nSPS) is 10.8. The van der Waals surface area contributed by atoms with E-state index < -0.39 is 0 Å². The van der Waals surface area contributed by atoms with Crippen LogP contribution in [0.5, 0.6) is 5.75 Å². The van der Waals surface area contributed by atoms with E-state index in [1.54, 1.807) is 7.11 Å². The molecule has 0 aliphatic carbocycles. The third kappa shape index (κ3) is 3.11. The summed E-state index contributed by atoms with van der Waals surface area (Å²) in [5.41, 5.74) is 2.23. The van der Waals surface area contributed by atoms with Crippen molar-refractivity contribution in [3.05, 3.63) is 28.3 Å². The van der Waals surface area contributed by atoms with Gasteiger partial charge in [-0.15, -0.1) is 0 Å². The first-order valence-corrected chi connectivity index (χ1v) is 5.47. The Hall–Kier alpha value is -0.730. The molecule has 0 aromatic heterocycles. The van der Waals surface area contributed by atoms with Crippen molar-refractivity contribution >= 4 is 11.6 Å². The van der Waals surface area contributed by atoms with Gasteiger partial charge >= 0.3 is 0 Å². The van der Waals surface area contributed by atoms with Gasteiger partial charge in [0.25, 0.3) is 0 Å². The number of nitrogens with zero attached hydrogens (tertiary/aromatic N) is 1. The fraction of sp³-hybridized carbons (Fsp3) is 0.500. The maximum Gasteiger partial charge on any atom is 0.126 e. The van der Waals surface area contributed by atoms with Crippen molar-refractivity contribution in [1.82, 2.24) is 4.90 Å². The summed E-state index contributed by atoms with van der Waals surface area (Å²) >= 11 is 6.03. The second-order valence-corrected chi connectivity index (χ2v) is 4.18. The summed E-state index contributed by atoms with van der Waals surface area (Å²) in [6, 6.07) is 3.90. The number of hydrogen-bond acceptors (Lipinski definition) is 2. The van der Waals surface area contributed by atoms with E-state index in [0.29, 0.717) is 0 Å². The fourth-order valence-corrected chi connectivity index (χ4v) is 1.91. The summed E-state index contributed by atoms with van der Waals surface area (Å²) in [6.07, 6.45) is 0. The first kappa shape index (κ1) is 12.3. The molecule has 0 fully saturated rings. The monoisotopic (exact) mass is 227 g/mol. The van der Waals surface area contributed by atoms with E-state index in [1.165, 1.54) is 0 Å². The van der Waals surface area contributed by atoms with Gasteiger partial charge in [-0.1, -0.05) is 18.5 Å². The van der Waals surface area contributed by atoms with Crippen LogP contribution in [-0.4, -0.2) is 25.6 Å². The SMILES string of the molecule is CCN(C)Cc1cc(Cl)cc(C)c1OC. The molecule has 1 aromatic carbocycles.